The summed E-state index contributed by atoms with van der Waals surface area (Å²) < 4.78 is 10.3. The topological polar surface area (TPSA) is 59.3 Å². The van der Waals surface area contributed by atoms with E-state index in [0.29, 0.717) is 16.9 Å². The van der Waals surface area contributed by atoms with Crippen molar-refractivity contribution in [1.82, 2.24) is 0 Å². The van der Waals surface area contributed by atoms with Crippen LogP contribution in [0.3, 0.4) is 0 Å². The van der Waals surface area contributed by atoms with E-state index in [1.807, 2.05) is 6.07 Å². The summed E-state index contributed by atoms with van der Waals surface area (Å²) in [5.41, 5.74) is 1.69. The molecule has 2 rings (SSSR count). The number of nitriles is 1. The van der Waals surface area contributed by atoms with Gasteiger partial charge in [0, 0.05) is 0 Å². The van der Waals surface area contributed by atoms with E-state index in [1.165, 1.54) is 7.11 Å². The summed E-state index contributed by atoms with van der Waals surface area (Å²) in [4.78, 5) is 12.0. The van der Waals surface area contributed by atoms with E-state index in [9.17, 15) is 4.79 Å². The molecule has 0 heterocycles. The molecule has 0 aliphatic heterocycles. The highest BCUT2D eigenvalue weighted by molar-refractivity contribution is 5.92. The van der Waals surface area contributed by atoms with E-state index in [4.69, 9.17) is 14.7 Å². The molecule has 0 saturated carbocycles. The molecule has 0 radical (unpaired) electrons. The zero-order chi connectivity index (χ0) is 14.4. The minimum absolute atomic E-state index is 0.117. The quantitative estimate of drug-likeness (QED) is 0.799. The lowest BCUT2D eigenvalue weighted by Crippen LogP contribution is -2.07. The second kappa shape index (κ2) is 6.39. The smallest absolute Gasteiger partial charge is 0.342 e. The van der Waals surface area contributed by atoms with E-state index < -0.39 is 5.97 Å². The largest absolute Gasteiger partial charge is 0.496 e. The average molecular weight is 267 g/mol. The molecule has 2 aromatic rings. The van der Waals surface area contributed by atoms with Crippen LogP contribution >= 0.6 is 0 Å². The number of ether oxygens (including phenoxy) is 2. The lowest BCUT2D eigenvalue weighted by molar-refractivity contribution is 0.0469. The first kappa shape index (κ1) is 13.6. The zero-order valence-electron chi connectivity index (χ0n) is 11.0. The molecule has 0 amide bonds. The summed E-state index contributed by atoms with van der Waals surface area (Å²) in [5.74, 6) is 0.0214. The first-order valence-corrected chi connectivity index (χ1v) is 6.04. The Morgan fingerprint density at radius 1 is 1.20 bits per heavy atom. The number of benzene rings is 2. The van der Waals surface area contributed by atoms with E-state index in [-0.39, 0.29) is 6.61 Å². The van der Waals surface area contributed by atoms with Gasteiger partial charge in [-0.25, -0.2) is 4.79 Å². The second-order valence-corrected chi connectivity index (χ2v) is 4.09. The number of para-hydroxylation sites is 1. The average Bonchev–Trinajstić information content (AvgIpc) is 2.52. The highest BCUT2D eigenvalue weighted by Crippen LogP contribution is 2.18. The Kier molecular flexibility index (Phi) is 4.35. The lowest BCUT2D eigenvalue weighted by Gasteiger charge is -2.08. The predicted octanol–water partition coefficient (Wildman–Crippen LogP) is 2.92. The van der Waals surface area contributed by atoms with Gasteiger partial charge >= 0.3 is 5.97 Å². The van der Waals surface area contributed by atoms with Gasteiger partial charge in [0.15, 0.2) is 0 Å². The van der Waals surface area contributed by atoms with Gasteiger partial charge in [-0.3, -0.25) is 0 Å². The van der Waals surface area contributed by atoms with Crippen molar-refractivity contribution in [2.24, 2.45) is 0 Å². The zero-order valence-corrected chi connectivity index (χ0v) is 11.0. The third-order valence-corrected chi connectivity index (χ3v) is 2.75. The van der Waals surface area contributed by atoms with Crippen molar-refractivity contribution in [3.8, 4) is 11.8 Å². The molecule has 4 heteroatoms. The van der Waals surface area contributed by atoms with Gasteiger partial charge in [0.05, 0.1) is 18.7 Å². The molecular weight excluding hydrogens is 254 g/mol. The Bertz CT molecular complexity index is 659. The molecule has 0 atom stereocenters. The SMILES string of the molecule is COc1ccccc1C(=O)OCc1cccc(C#N)c1. The molecule has 0 N–H and O–H groups in total. The first-order chi connectivity index (χ1) is 9.74. The van der Waals surface area contributed by atoms with Crippen molar-refractivity contribution in [2.75, 3.05) is 7.11 Å². The summed E-state index contributed by atoms with van der Waals surface area (Å²) in [7, 11) is 1.50. The molecule has 4 nitrogen and oxygen atoms in total. The van der Waals surface area contributed by atoms with Gasteiger partial charge in [0.2, 0.25) is 0 Å². The van der Waals surface area contributed by atoms with Crippen LogP contribution in [-0.2, 0) is 11.3 Å². The molecule has 0 saturated heterocycles. The molecule has 0 spiro atoms. The fraction of sp³-hybridized carbons (Fsp3) is 0.125. The van der Waals surface area contributed by atoms with Crippen LogP contribution in [0, 0.1) is 11.3 Å². The van der Waals surface area contributed by atoms with E-state index in [2.05, 4.69) is 0 Å². The van der Waals surface area contributed by atoms with Crippen molar-refractivity contribution < 1.29 is 14.3 Å². The van der Waals surface area contributed by atoms with E-state index >= 15 is 0 Å². The van der Waals surface area contributed by atoms with E-state index in [1.54, 1.807) is 48.5 Å². The van der Waals surface area contributed by atoms with Crippen LogP contribution in [0.4, 0.5) is 0 Å². The highest BCUT2D eigenvalue weighted by Gasteiger charge is 2.12. The fourth-order valence-electron chi connectivity index (χ4n) is 1.77. The molecule has 0 aliphatic carbocycles. The van der Waals surface area contributed by atoms with Crippen molar-refractivity contribution in [2.45, 2.75) is 6.61 Å². The fourth-order valence-corrected chi connectivity index (χ4v) is 1.77. The third kappa shape index (κ3) is 3.15. The Hall–Kier alpha value is -2.80. The summed E-state index contributed by atoms with van der Waals surface area (Å²) in [5, 5.41) is 8.81. The third-order valence-electron chi connectivity index (χ3n) is 2.75. The normalized spacial score (nSPS) is 9.60. The van der Waals surface area contributed by atoms with Crippen LogP contribution in [0.25, 0.3) is 0 Å². The lowest BCUT2D eigenvalue weighted by atomic mass is 10.1. The molecule has 0 unspecified atom stereocenters. The Morgan fingerprint density at radius 2 is 2.00 bits per heavy atom. The first-order valence-electron chi connectivity index (χ1n) is 6.04. The number of carbonyl (C=O) groups is 1. The summed E-state index contributed by atoms with van der Waals surface area (Å²) in [6.45, 7) is 0.117. The van der Waals surface area contributed by atoms with Gasteiger partial charge in [0.1, 0.15) is 17.9 Å². The summed E-state index contributed by atoms with van der Waals surface area (Å²) in [6.07, 6.45) is 0. The number of esters is 1. The molecule has 0 bridgehead atoms. The van der Waals surface area contributed by atoms with Crippen LogP contribution < -0.4 is 4.74 Å². The highest BCUT2D eigenvalue weighted by atomic mass is 16.5. The summed E-state index contributed by atoms with van der Waals surface area (Å²) >= 11 is 0. The van der Waals surface area contributed by atoms with Crippen molar-refractivity contribution >= 4 is 5.97 Å². The van der Waals surface area contributed by atoms with Gasteiger partial charge in [-0.05, 0) is 29.8 Å². The number of hydrogen-bond acceptors (Lipinski definition) is 4. The minimum atomic E-state index is -0.454. The molecule has 2 aromatic carbocycles. The summed E-state index contributed by atoms with van der Waals surface area (Å²) in [6, 6.07) is 15.9. The molecule has 0 aliphatic rings. The Labute approximate surface area is 117 Å². The maximum absolute atomic E-state index is 12.0. The Morgan fingerprint density at radius 3 is 2.75 bits per heavy atom. The van der Waals surface area contributed by atoms with Crippen LogP contribution in [-0.4, -0.2) is 13.1 Å². The minimum Gasteiger partial charge on any atom is -0.496 e. The van der Waals surface area contributed by atoms with Crippen molar-refractivity contribution in [3.05, 3.63) is 65.2 Å². The Balaban J connectivity index is 2.07. The van der Waals surface area contributed by atoms with Gasteiger partial charge < -0.3 is 9.47 Å². The number of nitrogens with zero attached hydrogens (tertiary/aromatic N) is 1. The van der Waals surface area contributed by atoms with Crippen LogP contribution in [0.2, 0.25) is 0 Å². The van der Waals surface area contributed by atoms with Gasteiger partial charge in [-0.15, -0.1) is 0 Å². The van der Waals surface area contributed by atoms with Crippen LogP contribution in [0.1, 0.15) is 21.5 Å². The van der Waals surface area contributed by atoms with Gasteiger partial charge in [-0.2, -0.15) is 5.26 Å². The monoisotopic (exact) mass is 267 g/mol. The molecule has 0 fully saturated rings. The molecule has 20 heavy (non-hydrogen) atoms. The molecule has 0 aromatic heterocycles. The van der Waals surface area contributed by atoms with Gasteiger partial charge in [-0.1, -0.05) is 24.3 Å². The van der Waals surface area contributed by atoms with E-state index in [0.717, 1.165) is 5.56 Å². The van der Waals surface area contributed by atoms with Crippen molar-refractivity contribution in [3.63, 3.8) is 0 Å². The molecular formula is C16H13NO3. The van der Waals surface area contributed by atoms with Crippen LogP contribution in [0.5, 0.6) is 5.75 Å². The molecule has 100 valence electrons. The maximum Gasteiger partial charge on any atom is 0.342 e. The predicted molar refractivity (Wildman–Crippen MR) is 73.3 cm³/mol. The van der Waals surface area contributed by atoms with Crippen molar-refractivity contribution in [1.29, 1.82) is 5.26 Å². The number of methoxy groups -OCH3 is 1. The maximum atomic E-state index is 12.0. The number of rotatable bonds is 4. The number of hydrogen-bond donors (Lipinski definition) is 0. The number of carbonyl (C=O) groups excluding carboxylic acids is 1. The van der Waals surface area contributed by atoms with Gasteiger partial charge in [0.25, 0.3) is 0 Å². The standard InChI is InChI=1S/C16H13NO3/c1-19-15-8-3-2-7-14(15)16(18)20-11-13-6-4-5-12(9-13)10-17/h2-9H,11H2,1H3. The van der Waals surface area contributed by atoms with Crippen LogP contribution in [0.15, 0.2) is 48.5 Å². The second-order valence-electron chi connectivity index (χ2n) is 4.09.